The molecule has 4 unspecified atom stereocenters. The number of halogens is 1. The SMILES string of the molecule is CC(=O)NCc1cc(-c2ccc(F)cc2)c2c(c1O)C(=O)C1=C(O)C3(O)C(=O)C(C(N)=O)=C(O)C(N(C)C)C3CC1C2. The largest absolute Gasteiger partial charge is 0.510 e. The van der Waals surface area contributed by atoms with Crippen LogP contribution in [0.3, 0.4) is 0 Å². The van der Waals surface area contributed by atoms with Crippen LogP contribution in [0.2, 0.25) is 0 Å². The maximum Gasteiger partial charge on any atom is 0.255 e. The van der Waals surface area contributed by atoms with E-state index in [-0.39, 0.29) is 36.1 Å². The van der Waals surface area contributed by atoms with Crippen LogP contribution < -0.4 is 11.1 Å². The zero-order valence-electron chi connectivity index (χ0n) is 23.1. The van der Waals surface area contributed by atoms with Gasteiger partial charge < -0.3 is 31.5 Å². The lowest BCUT2D eigenvalue weighted by Gasteiger charge is -2.50. The number of nitrogens with two attached hydrogens (primary N) is 1. The molecule has 7 N–H and O–H groups in total. The Balaban J connectivity index is 1.75. The van der Waals surface area contributed by atoms with Crippen LogP contribution >= 0.6 is 0 Å². The zero-order valence-corrected chi connectivity index (χ0v) is 23.1. The quantitative estimate of drug-likeness (QED) is 0.286. The van der Waals surface area contributed by atoms with Gasteiger partial charge in [0.2, 0.25) is 11.7 Å². The van der Waals surface area contributed by atoms with Crippen molar-refractivity contribution in [3.05, 3.63) is 75.5 Å². The Hall–Kier alpha value is -4.55. The van der Waals surface area contributed by atoms with Gasteiger partial charge in [-0.1, -0.05) is 12.1 Å². The molecule has 2 aromatic rings. The normalized spacial score (nSPS) is 25.2. The van der Waals surface area contributed by atoms with E-state index in [1.54, 1.807) is 20.2 Å². The second kappa shape index (κ2) is 10.1. The molecule has 3 aliphatic carbocycles. The van der Waals surface area contributed by atoms with Gasteiger partial charge in [0, 0.05) is 30.5 Å². The summed E-state index contributed by atoms with van der Waals surface area (Å²) in [6.07, 6.45) is -0.00174. The first-order valence-electron chi connectivity index (χ1n) is 13.2. The van der Waals surface area contributed by atoms with Crippen LogP contribution in [0, 0.1) is 17.7 Å². The molecule has 3 aliphatic rings. The molecule has 0 heterocycles. The third-order valence-corrected chi connectivity index (χ3v) is 8.48. The molecule has 0 spiro atoms. The van der Waals surface area contributed by atoms with Crippen molar-refractivity contribution in [3.8, 4) is 16.9 Å². The Morgan fingerprint density at radius 1 is 1.14 bits per heavy atom. The van der Waals surface area contributed by atoms with E-state index in [2.05, 4.69) is 5.32 Å². The average Bonchev–Trinajstić information content (AvgIpc) is 2.90. The van der Waals surface area contributed by atoms with Gasteiger partial charge in [-0.05, 0) is 67.7 Å². The molecule has 0 saturated carbocycles. The first-order chi connectivity index (χ1) is 19.7. The molecular formula is C30H30FN3O8. The highest BCUT2D eigenvalue weighted by molar-refractivity contribution is 6.25. The number of rotatable bonds is 5. The summed E-state index contributed by atoms with van der Waals surface area (Å²) in [6, 6.07) is 5.98. The number of Topliss-reactive ketones (excluding diaryl/α,β-unsaturated/α-hetero) is 2. The van der Waals surface area contributed by atoms with E-state index in [0.29, 0.717) is 16.7 Å². The molecule has 0 aromatic heterocycles. The molecule has 2 amide bonds. The Kier molecular flexibility index (Phi) is 6.94. The summed E-state index contributed by atoms with van der Waals surface area (Å²) in [7, 11) is 3.10. The van der Waals surface area contributed by atoms with Crippen molar-refractivity contribution in [3.63, 3.8) is 0 Å². The topological polar surface area (TPSA) is 190 Å². The van der Waals surface area contributed by atoms with E-state index in [0.717, 1.165) is 0 Å². The number of phenols is 1. The number of ketones is 2. The molecule has 0 radical (unpaired) electrons. The molecule has 0 saturated heterocycles. The van der Waals surface area contributed by atoms with Crippen LogP contribution in [0.15, 0.2) is 53.0 Å². The summed E-state index contributed by atoms with van der Waals surface area (Å²) in [5, 5.41) is 48.0. The predicted molar refractivity (Wildman–Crippen MR) is 147 cm³/mol. The van der Waals surface area contributed by atoms with E-state index >= 15 is 0 Å². The molecule has 0 fully saturated rings. The molecule has 11 nitrogen and oxygen atoms in total. The van der Waals surface area contributed by atoms with Crippen molar-refractivity contribution in [2.45, 2.75) is 38.0 Å². The molecule has 12 heteroatoms. The molecule has 220 valence electrons. The van der Waals surface area contributed by atoms with Gasteiger partial charge in [-0.2, -0.15) is 0 Å². The van der Waals surface area contributed by atoms with Crippen LogP contribution in [-0.4, -0.2) is 74.4 Å². The fourth-order valence-corrected chi connectivity index (χ4v) is 6.62. The summed E-state index contributed by atoms with van der Waals surface area (Å²) < 4.78 is 13.8. The number of nitrogens with zero attached hydrogens (tertiary/aromatic N) is 1. The molecular weight excluding hydrogens is 549 g/mol. The molecule has 0 bridgehead atoms. The fourth-order valence-electron chi connectivity index (χ4n) is 6.62. The van der Waals surface area contributed by atoms with Crippen molar-refractivity contribution in [2.75, 3.05) is 14.1 Å². The number of nitrogens with one attached hydrogen (secondary N) is 1. The van der Waals surface area contributed by atoms with Gasteiger partial charge in [0.1, 0.15) is 28.7 Å². The standard InChI is InChI=1S/C30H30FN3O8/c1-12(35)33-11-15-9-17(13-4-6-16(31)7-5-13)18-8-14-10-19-23(34(2)3)26(38)22(29(32)41)28(40)30(19,42)27(39)20(14)25(37)21(18)24(15)36/h4-7,9,14,19,23,36,38-39,42H,8,10-11H2,1-3H3,(H2,32,41)(H,33,35). The number of hydrogen-bond acceptors (Lipinski definition) is 9. The number of phenolic OH excluding ortho intramolecular Hbond substituents is 1. The number of aliphatic hydroxyl groups is 3. The number of fused-ring (bicyclic) bond motifs is 3. The Morgan fingerprint density at radius 2 is 1.79 bits per heavy atom. The summed E-state index contributed by atoms with van der Waals surface area (Å²) in [4.78, 5) is 52.8. The molecule has 0 aliphatic heterocycles. The maximum atomic E-state index is 14.1. The summed E-state index contributed by atoms with van der Waals surface area (Å²) >= 11 is 0. The number of hydrogen-bond donors (Lipinski definition) is 6. The molecule has 42 heavy (non-hydrogen) atoms. The van der Waals surface area contributed by atoms with E-state index in [4.69, 9.17) is 5.73 Å². The fraction of sp³-hybridized carbons (Fsp3) is 0.333. The smallest absolute Gasteiger partial charge is 0.255 e. The van der Waals surface area contributed by atoms with Gasteiger partial charge >= 0.3 is 0 Å². The number of primary amides is 1. The first-order valence-corrected chi connectivity index (χ1v) is 13.2. The number of aliphatic hydroxyl groups excluding tert-OH is 2. The van der Waals surface area contributed by atoms with Gasteiger partial charge in [0.15, 0.2) is 11.4 Å². The Morgan fingerprint density at radius 3 is 2.36 bits per heavy atom. The van der Waals surface area contributed by atoms with Gasteiger partial charge in [0.05, 0.1) is 11.6 Å². The van der Waals surface area contributed by atoms with Crippen LogP contribution in [0.4, 0.5) is 4.39 Å². The molecule has 5 rings (SSSR count). The van der Waals surface area contributed by atoms with Crippen LogP contribution in [0.25, 0.3) is 11.1 Å². The number of allylic oxidation sites excluding steroid dienone is 1. The van der Waals surface area contributed by atoms with Crippen molar-refractivity contribution in [1.82, 2.24) is 10.2 Å². The van der Waals surface area contributed by atoms with E-state index in [9.17, 15) is 44.0 Å². The monoisotopic (exact) mass is 579 g/mol. The van der Waals surface area contributed by atoms with Crippen molar-refractivity contribution in [1.29, 1.82) is 0 Å². The highest BCUT2D eigenvalue weighted by atomic mass is 19.1. The lowest BCUT2D eigenvalue weighted by Crippen LogP contribution is -2.63. The number of aromatic hydroxyl groups is 1. The highest BCUT2D eigenvalue weighted by Gasteiger charge is 2.63. The third-order valence-electron chi connectivity index (χ3n) is 8.48. The number of amides is 2. The minimum Gasteiger partial charge on any atom is -0.510 e. The van der Waals surface area contributed by atoms with Crippen LogP contribution in [0.5, 0.6) is 5.75 Å². The maximum absolute atomic E-state index is 14.1. The van der Waals surface area contributed by atoms with E-state index in [1.807, 2.05) is 0 Å². The van der Waals surface area contributed by atoms with Crippen molar-refractivity contribution >= 4 is 23.4 Å². The highest BCUT2D eigenvalue weighted by Crippen LogP contribution is 2.53. The minimum absolute atomic E-state index is 0.0647. The second-order valence-corrected chi connectivity index (χ2v) is 11.2. The molecule has 4 atom stereocenters. The van der Waals surface area contributed by atoms with Gasteiger partial charge in [0.25, 0.3) is 5.91 Å². The Bertz CT molecular complexity index is 1630. The van der Waals surface area contributed by atoms with E-state index < -0.39 is 75.5 Å². The number of likely N-dealkylation sites (N-methyl/N-ethyl adjacent to an activating group) is 1. The number of carbonyl (C=O) groups excluding carboxylic acids is 4. The van der Waals surface area contributed by atoms with Crippen LogP contribution in [-0.2, 0) is 27.3 Å². The van der Waals surface area contributed by atoms with Gasteiger partial charge in [-0.3, -0.25) is 24.1 Å². The minimum atomic E-state index is -2.76. The Labute approximate surface area is 239 Å². The second-order valence-electron chi connectivity index (χ2n) is 11.2. The van der Waals surface area contributed by atoms with E-state index in [1.165, 1.54) is 36.1 Å². The van der Waals surface area contributed by atoms with Crippen LogP contribution in [0.1, 0.15) is 34.8 Å². The third kappa shape index (κ3) is 4.17. The lowest BCUT2D eigenvalue weighted by atomic mass is 9.58. The predicted octanol–water partition coefficient (Wildman–Crippen LogP) is 1.56. The summed E-state index contributed by atoms with van der Waals surface area (Å²) in [5.74, 6) is -8.38. The van der Waals surface area contributed by atoms with Crippen molar-refractivity contribution in [2.24, 2.45) is 17.6 Å². The summed E-state index contributed by atoms with van der Waals surface area (Å²) in [6.45, 7) is 1.13. The number of benzene rings is 2. The van der Waals surface area contributed by atoms with Gasteiger partial charge in [-0.25, -0.2) is 4.39 Å². The van der Waals surface area contributed by atoms with Crippen molar-refractivity contribution < 1.29 is 44.0 Å². The van der Waals surface area contributed by atoms with Gasteiger partial charge in [-0.15, -0.1) is 0 Å². The summed E-state index contributed by atoms with van der Waals surface area (Å²) in [5.41, 5.74) is 2.81. The lowest BCUT2D eigenvalue weighted by molar-refractivity contribution is -0.148. The number of carbonyl (C=O) groups is 4. The first kappa shape index (κ1) is 29.0. The average molecular weight is 580 g/mol. The molecule has 2 aromatic carbocycles. The zero-order chi connectivity index (χ0) is 30.8.